The highest BCUT2D eigenvalue weighted by Crippen LogP contribution is 2.47. The third-order valence-corrected chi connectivity index (χ3v) is 13.3. The van der Waals surface area contributed by atoms with Crippen molar-refractivity contribution >= 4 is 97.1 Å². The lowest BCUT2D eigenvalue weighted by atomic mass is 10.0. The molecule has 274 valence electrons. The number of anilines is 6. The van der Waals surface area contributed by atoms with E-state index in [1.807, 2.05) is 22.7 Å². The van der Waals surface area contributed by atoms with Crippen molar-refractivity contribution in [2.24, 2.45) is 0 Å². The van der Waals surface area contributed by atoms with Crippen molar-refractivity contribution in [1.29, 1.82) is 0 Å². The molecule has 2 nitrogen and oxygen atoms in total. The number of hydrogen-bond acceptors (Lipinski definition) is 4. The van der Waals surface area contributed by atoms with E-state index in [4.69, 9.17) is 0 Å². The van der Waals surface area contributed by atoms with E-state index in [1.165, 1.54) is 62.8 Å². The van der Waals surface area contributed by atoms with Gasteiger partial charge < -0.3 is 9.80 Å². The molecule has 0 aliphatic heterocycles. The molecule has 0 aliphatic rings. The first kappa shape index (κ1) is 34.3. The molecule has 0 spiro atoms. The summed E-state index contributed by atoms with van der Waals surface area (Å²) in [6, 6.07) is 79.3. The summed E-state index contributed by atoms with van der Waals surface area (Å²) in [7, 11) is 0. The van der Waals surface area contributed by atoms with Crippen LogP contribution in [0.3, 0.4) is 0 Å². The lowest BCUT2D eigenvalue weighted by Crippen LogP contribution is -2.11. The van der Waals surface area contributed by atoms with E-state index >= 15 is 0 Å². The summed E-state index contributed by atoms with van der Waals surface area (Å²) in [6.45, 7) is 0. The van der Waals surface area contributed by atoms with Crippen LogP contribution < -0.4 is 9.80 Å². The van der Waals surface area contributed by atoms with Crippen LogP contribution >= 0.6 is 22.7 Å². The zero-order valence-corrected chi connectivity index (χ0v) is 33.1. The van der Waals surface area contributed by atoms with Crippen LogP contribution in [-0.2, 0) is 0 Å². The number of para-hydroxylation sites is 1. The molecule has 0 amide bonds. The van der Waals surface area contributed by atoms with Crippen molar-refractivity contribution in [2.75, 3.05) is 9.80 Å². The Hall–Kier alpha value is -6.98. The maximum absolute atomic E-state index is 2.43. The molecule has 9 aromatic carbocycles. The second-order valence-corrected chi connectivity index (χ2v) is 16.7. The normalized spacial score (nSPS) is 11.4. The highest BCUT2D eigenvalue weighted by Gasteiger charge is 2.21. The topological polar surface area (TPSA) is 6.48 Å². The Morgan fingerprint density at radius 3 is 1.17 bits per heavy atom. The molecular formula is C54H36N2S2. The molecule has 0 bridgehead atoms. The van der Waals surface area contributed by atoms with E-state index in [0.29, 0.717) is 0 Å². The Morgan fingerprint density at radius 2 is 0.638 bits per heavy atom. The zero-order chi connectivity index (χ0) is 38.4. The molecule has 0 atom stereocenters. The quantitative estimate of drug-likeness (QED) is 0.152. The smallest absolute Gasteiger partial charge is 0.0554 e. The summed E-state index contributed by atoms with van der Waals surface area (Å²) < 4.78 is 5.16. The Labute approximate surface area is 345 Å². The molecular weight excluding hydrogens is 741 g/mol. The Kier molecular flexibility index (Phi) is 8.58. The minimum atomic E-state index is 1.10. The zero-order valence-electron chi connectivity index (χ0n) is 31.5. The van der Waals surface area contributed by atoms with Gasteiger partial charge >= 0.3 is 0 Å². The van der Waals surface area contributed by atoms with Crippen LogP contribution in [0.4, 0.5) is 34.1 Å². The summed E-state index contributed by atoms with van der Waals surface area (Å²) in [5.41, 5.74) is 11.5. The fourth-order valence-electron chi connectivity index (χ4n) is 8.40. The highest BCUT2D eigenvalue weighted by molar-refractivity contribution is 7.26. The van der Waals surface area contributed by atoms with E-state index < -0.39 is 0 Å². The van der Waals surface area contributed by atoms with Gasteiger partial charge in [0.1, 0.15) is 0 Å². The third kappa shape index (κ3) is 6.02. The van der Waals surface area contributed by atoms with Gasteiger partial charge in [0.25, 0.3) is 0 Å². The van der Waals surface area contributed by atoms with Gasteiger partial charge in [-0.05, 0) is 107 Å². The summed E-state index contributed by atoms with van der Waals surface area (Å²) in [4.78, 5) is 4.85. The third-order valence-electron chi connectivity index (χ3n) is 11.0. The van der Waals surface area contributed by atoms with Gasteiger partial charge in [-0.2, -0.15) is 0 Å². The van der Waals surface area contributed by atoms with Crippen molar-refractivity contribution in [1.82, 2.24) is 0 Å². The second kappa shape index (κ2) is 14.5. The van der Waals surface area contributed by atoms with Crippen LogP contribution in [-0.4, -0.2) is 0 Å². The maximum atomic E-state index is 2.43. The van der Waals surface area contributed by atoms with Gasteiger partial charge in [0.05, 0.1) is 11.4 Å². The van der Waals surface area contributed by atoms with Crippen molar-refractivity contribution in [3.8, 4) is 22.3 Å². The predicted molar refractivity (Wildman–Crippen MR) is 252 cm³/mol. The number of benzene rings is 9. The molecule has 2 aromatic heterocycles. The fraction of sp³-hybridized carbons (Fsp3) is 0. The summed E-state index contributed by atoms with van der Waals surface area (Å²) in [5, 5.41) is 5.12. The van der Waals surface area contributed by atoms with Gasteiger partial charge in [-0.1, -0.05) is 133 Å². The molecule has 0 saturated carbocycles. The van der Waals surface area contributed by atoms with Crippen LogP contribution in [0, 0.1) is 0 Å². The van der Waals surface area contributed by atoms with Gasteiger partial charge in [0, 0.05) is 63.1 Å². The molecule has 2 heterocycles. The fourth-order valence-corrected chi connectivity index (χ4v) is 10.7. The molecule has 0 fully saturated rings. The molecule has 0 unspecified atom stereocenters. The Bertz CT molecular complexity index is 3240. The number of hydrogen-bond donors (Lipinski definition) is 0. The van der Waals surface area contributed by atoms with Gasteiger partial charge in [0.2, 0.25) is 0 Å². The van der Waals surface area contributed by atoms with Crippen LogP contribution in [0.2, 0.25) is 0 Å². The van der Waals surface area contributed by atoms with Crippen molar-refractivity contribution in [3.63, 3.8) is 0 Å². The van der Waals surface area contributed by atoms with Crippen molar-refractivity contribution in [2.45, 2.75) is 0 Å². The second-order valence-electron chi connectivity index (χ2n) is 14.5. The summed E-state index contributed by atoms with van der Waals surface area (Å²) in [5.74, 6) is 0. The van der Waals surface area contributed by atoms with Gasteiger partial charge in [-0.15, -0.1) is 22.7 Å². The molecule has 11 aromatic rings. The van der Waals surface area contributed by atoms with Gasteiger partial charge in [-0.3, -0.25) is 0 Å². The van der Waals surface area contributed by atoms with Crippen LogP contribution in [0.1, 0.15) is 0 Å². The lowest BCUT2D eigenvalue weighted by molar-refractivity contribution is 1.29. The average Bonchev–Trinajstić information content (AvgIpc) is 3.87. The molecule has 4 heteroatoms. The lowest BCUT2D eigenvalue weighted by Gasteiger charge is -2.28. The number of fused-ring (bicyclic) bond motifs is 6. The number of nitrogens with zero attached hydrogens (tertiary/aromatic N) is 2. The first-order valence-electron chi connectivity index (χ1n) is 19.6. The summed E-state index contributed by atoms with van der Waals surface area (Å²) >= 11 is 3.71. The maximum Gasteiger partial charge on any atom is 0.0554 e. The highest BCUT2D eigenvalue weighted by atomic mass is 32.1. The van der Waals surface area contributed by atoms with E-state index in [-0.39, 0.29) is 0 Å². The molecule has 58 heavy (non-hydrogen) atoms. The first-order valence-corrected chi connectivity index (χ1v) is 21.2. The van der Waals surface area contributed by atoms with Crippen LogP contribution in [0.15, 0.2) is 218 Å². The largest absolute Gasteiger partial charge is 0.310 e. The SMILES string of the molecule is c1ccc(-c2ccc(N(c3cccc(-c4cccc(N(c5ccccc5)c5cccc6sc7ccccc7c56)c4)c3)c3cccc4sc5ccccc5c34)cc2)cc1. The molecule has 0 saturated heterocycles. The van der Waals surface area contributed by atoms with E-state index in [2.05, 4.69) is 228 Å². The van der Waals surface area contributed by atoms with Crippen LogP contribution in [0.5, 0.6) is 0 Å². The van der Waals surface area contributed by atoms with Gasteiger partial charge in [-0.25, -0.2) is 0 Å². The Morgan fingerprint density at radius 1 is 0.259 bits per heavy atom. The van der Waals surface area contributed by atoms with Crippen LogP contribution in [0.25, 0.3) is 62.6 Å². The first-order chi connectivity index (χ1) is 28.8. The van der Waals surface area contributed by atoms with E-state index in [0.717, 1.165) is 33.9 Å². The minimum absolute atomic E-state index is 1.10. The monoisotopic (exact) mass is 776 g/mol. The molecule has 0 aliphatic carbocycles. The van der Waals surface area contributed by atoms with Crippen molar-refractivity contribution < 1.29 is 0 Å². The molecule has 0 N–H and O–H groups in total. The number of thiophene rings is 2. The van der Waals surface area contributed by atoms with E-state index in [1.54, 1.807) is 0 Å². The minimum Gasteiger partial charge on any atom is -0.310 e. The van der Waals surface area contributed by atoms with E-state index in [9.17, 15) is 0 Å². The number of rotatable bonds is 8. The van der Waals surface area contributed by atoms with Gasteiger partial charge in [0.15, 0.2) is 0 Å². The standard InChI is InChI=1S/C54H36N2S2/c1-3-15-37(16-4-1)38-31-33-42(34-32-38)56(48-26-14-30-52-54(48)46-24-8-10-28-50(46)58-52)44-22-12-18-40(36-44)39-17-11-21-43(35-39)55(41-19-5-2-6-20-41)47-25-13-29-51-53(47)45-23-7-9-27-49(45)57-51/h1-36H. The average molecular weight is 777 g/mol. The molecule has 0 radical (unpaired) electrons. The Balaban J connectivity index is 1.06. The molecule has 11 rings (SSSR count). The van der Waals surface area contributed by atoms with Crippen molar-refractivity contribution in [3.05, 3.63) is 218 Å². The predicted octanol–water partition coefficient (Wildman–Crippen LogP) is 16.7. The summed E-state index contributed by atoms with van der Waals surface area (Å²) in [6.07, 6.45) is 0.